The molecular formula is C15H19BrN2O3. The molecule has 6 heteroatoms. The van der Waals surface area contributed by atoms with Crippen LogP contribution in [0, 0.1) is 13.8 Å². The van der Waals surface area contributed by atoms with Crippen LogP contribution in [-0.4, -0.2) is 19.3 Å². The van der Waals surface area contributed by atoms with Gasteiger partial charge in [0.2, 0.25) is 0 Å². The van der Waals surface area contributed by atoms with Gasteiger partial charge < -0.3 is 19.3 Å². The van der Waals surface area contributed by atoms with Crippen LogP contribution in [0.5, 0.6) is 11.5 Å². The molecular weight excluding hydrogens is 336 g/mol. The molecule has 2 rings (SSSR count). The summed E-state index contributed by atoms with van der Waals surface area (Å²) in [5, 5.41) is 7.04. The summed E-state index contributed by atoms with van der Waals surface area (Å²) in [4.78, 5) is 0. The molecule has 0 unspecified atom stereocenters. The summed E-state index contributed by atoms with van der Waals surface area (Å²) in [6, 6.07) is 3.98. The third-order valence-electron chi connectivity index (χ3n) is 3.21. The van der Waals surface area contributed by atoms with Crippen LogP contribution in [0.1, 0.15) is 22.6 Å². The van der Waals surface area contributed by atoms with Crippen LogP contribution in [0.2, 0.25) is 0 Å². The summed E-state index contributed by atoms with van der Waals surface area (Å²) in [7, 11) is 3.54. The predicted octanol–water partition coefficient (Wildman–Crippen LogP) is 3.36. The lowest BCUT2D eigenvalue weighted by Gasteiger charge is -2.14. The van der Waals surface area contributed by atoms with Crippen LogP contribution in [0.3, 0.4) is 0 Å². The first-order valence-corrected chi connectivity index (χ1v) is 7.41. The molecule has 5 nitrogen and oxygen atoms in total. The highest BCUT2D eigenvalue weighted by molar-refractivity contribution is 9.10. The van der Waals surface area contributed by atoms with Crippen molar-refractivity contribution in [3.05, 3.63) is 39.2 Å². The molecule has 0 saturated heterocycles. The SMILES string of the molecule is CNCc1cc(Br)c(OCc2c(C)noc2C)c(OC)c1. The average molecular weight is 355 g/mol. The Bertz CT molecular complexity index is 606. The number of ether oxygens (including phenoxy) is 2. The molecule has 0 aliphatic rings. The number of methoxy groups -OCH3 is 1. The number of benzene rings is 1. The Morgan fingerprint density at radius 3 is 2.67 bits per heavy atom. The minimum atomic E-state index is 0.390. The van der Waals surface area contributed by atoms with Crippen LogP contribution < -0.4 is 14.8 Å². The van der Waals surface area contributed by atoms with Crippen molar-refractivity contribution in [3.8, 4) is 11.5 Å². The van der Waals surface area contributed by atoms with Gasteiger partial charge >= 0.3 is 0 Å². The first-order chi connectivity index (χ1) is 10.1. The van der Waals surface area contributed by atoms with Gasteiger partial charge in [-0.05, 0) is 54.5 Å². The number of halogens is 1. The Labute approximate surface area is 132 Å². The summed E-state index contributed by atoms with van der Waals surface area (Å²) in [6.45, 7) is 4.93. The zero-order valence-electron chi connectivity index (χ0n) is 12.6. The van der Waals surface area contributed by atoms with Crippen LogP contribution >= 0.6 is 15.9 Å². The Morgan fingerprint density at radius 1 is 1.33 bits per heavy atom. The molecule has 1 N–H and O–H groups in total. The summed E-state index contributed by atoms with van der Waals surface area (Å²) in [6.07, 6.45) is 0. The monoisotopic (exact) mass is 354 g/mol. The molecule has 0 radical (unpaired) electrons. The van der Waals surface area contributed by atoms with Gasteiger partial charge in [-0.2, -0.15) is 0 Å². The fourth-order valence-electron chi connectivity index (χ4n) is 2.07. The van der Waals surface area contributed by atoms with E-state index in [-0.39, 0.29) is 0 Å². The topological polar surface area (TPSA) is 56.5 Å². The molecule has 0 atom stereocenters. The van der Waals surface area contributed by atoms with E-state index >= 15 is 0 Å². The Balaban J connectivity index is 2.23. The quantitative estimate of drug-likeness (QED) is 0.861. The number of aryl methyl sites for hydroxylation is 2. The molecule has 0 saturated carbocycles. The fourth-order valence-corrected chi connectivity index (χ4v) is 2.68. The molecule has 1 aromatic carbocycles. The molecule has 21 heavy (non-hydrogen) atoms. The van der Waals surface area contributed by atoms with Crippen molar-refractivity contribution in [2.24, 2.45) is 0 Å². The van der Waals surface area contributed by atoms with Crippen molar-refractivity contribution in [2.45, 2.75) is 27.0 Å². The van der Waals surface area contributed by atoms with E-state index in [0.717, 1.165) is 33.6 Å². The third-order valence-corrected chi connectivity index (χ3v) is 3.80. The lowest BCUT2D eigenvalue weighted by atomic mass is 10.2. The maximum Gasteiger partial charge on any atom is 0.175 e. The highest BCUT2D eigenvalue weighted by Crippen LogP contribution is 2.37. The first-order valence-electron chi connectivity index (χ1n) is 6.62. The molecule has 114 valence electrons. The van der Waals surface area contributed by atoms with Gasteiger partial charge in [0.25, 0.3) is 0 Å². The second-order valence-corrected chi connectivity index (χ2v) is 5.59. The van der Waals surface area contributed by atoms with Crippen molar-refractivity contribution >= 4 is 15.9 Å². The van der Waals surface area contributed by atoms with Crippen LogP contribution in [0.25, 0.3) is 0 Å². The highest BCUT2D eigenvalue weighted by Gasteiger charge is 2.15. The van der Waals surface area contributed by atoms with Crippen molar-refractivity contribution in [1.29, 1.82) is 0 Å². The van der Waals surface area contributed by atoms with Gasteiger partial charge in [-0.15, -0.1) is 0 Å². The zero-order chi connectivity index (χ0) is 15.4. The first kappa shape index (κ1) is 15.9. The van der Waals surface area contributed by atoms with E-state index < -0.39 is 0 Å². The van der Waals surface area contributed by atoms with Gasteiger partial charge in [0.1, 0.15) is 12.4 Å². The van der Waals surface area contributed by atoms with Crippen LogP contribution in [0.15, 0.2) is 21.1 Å². The van der Waals surface area contributed by atoms with Crippen molar-refractivity contribution in [2.75, 3.05) is 14.2 Å². The van der Waals surface area contributed by atoms with Crippen molar-refractivity contribution in [3.63, 3.8) is 0 Å². The second-order valence-electron chi connectivity index (χ2n) is 4.73. The molecule has 0 spiro atoms. The Hall–Kier alpha value is -1.53. The Morgan fingerprint density at radius 2 is 2.10 bits per heavy atom. The third kappa shape index (κ3) is 3.57. The van der Waals surface area contributed by atoms with Gasteiger partial charge in [-0.25, -0.2) is 0 Å². The molecule has 0 aliphatic carbocycles. The van der Waals surface area contributed by atoms with Gasteiger partial charge in [0.15, 0.2) is 11.5 Å². The highest BCUT2D eigenvalue weighted by atomic mass is 79.9. The Kier molecular flexibility index (Phi) is 5.25. The largest absolute Gasteiger partial charge is 0.493 e. The maximum absolute atomic E-state index is 5.91. The zero-order valence-corrected chi connectivity index (χ0v) is 14.2. The smallest absolute Gasteiger partial charge is 0.175 e. The normalized spacial score (nSPS) is 10.7. The lowest BCUT2D eigenvalue weighted by Crippen LogP contribution is -2.06. The number of hydrogen-bond donors (Lipinski definition) is 1. The van der Waals surface area contributed by atoms with E-state index in [2.05, 4.69) is 26.4 Å². The number of nitrogens with one attached hydrogen (secondary N) is 1. The van der Waals surface area contributed by atoms with E-state index in [4.69, 9.17) is 14.0 Å². The predicted molar refractivity (Wildman–Crippen MR) is 83.8 cm³/mol. The van der Waals surface area contributed by atoms with E-state index in [9.17, 15) is 0 Å². The van der Waals surface area contributed by atoms with Crippen LogP contribution in [-0.2, 0) is 13.2 Å². The fraction of sp³-hybridized carbons (Fsp3) is 0.400. The summed E-state index contributed by atoms with van der Waals surface area (Å²) >= 11 is 3.54. The minimum absolute atomic E-state index is 0.390. The minimum Gasteiger partial charge on any atom is -0.493 e. The van der Waals surface area contributed by atoms with Gasteiger partial charge in [0.05, 0.1) is 22.8 Å². The van der Waals surface area contributed by atoms with E-state index in [1.807, 2.05) is 33.0 Å². The molecule has 0 fully saturated rings. The van der Waals surface area contributed by atoms with Gasteiger partial charge in [0, 0.05) is 6.54 Å². The standard InChI is InChI=1S/C15H19BrN2O3/c1-9-12(10(2)21-18-9)8-20-15-13(16)5-11(7-17-3)6-14(15)19-4/h5-6,17H,7-8H2,1-4H3. The van der Waals surface area contributed by atoms with Gasteiger partial charge in [-0.3, -0.25) is 0 Å². The number of rotatable bonds is 6. The van der Waals surface area contributed by atoms with Gasteiger partial charge in [-0.1, -0.05) is 5.16 Å². The van der Waals surface area contributed by atoms with E-state index in [1.165, 1.54) is 0 Å². The molecule has 0 amide bonds. The molecule has 1 aromatic heterocycles. The molecule has 2 aromatic rings. The number of hydrogen-bond acceptors (Lipinski definition) is 5. The van der Waals surface area contributed by atoms with Crippen LogP contribution in [0.4, 0.5) is 0 Å². The number of aromatic nitrogens is 1. The van der Waals surface area contributed by atoms with E-state index in [1.54, 1.807) is 7.11 Å². The molecule has 1 heterocycles. The summed E-state index contributed by atoms with van der Waals surface area (Å²) in [5.74, 6) is 2.15. The molecule has 0 aliphatic heterocycles. The average Bonchev–Trinajstić information content (AvgIpc) is 2.77. The summed E-state index contributed by atoms with van der Waals surface area (Å²) < 4.78 is 17.3. The van der Waals surface area contributed by atoms with E-state index in [0.29, 0.717) is 18.1 Å². The lowest BCUT2D eigenvalue weighted by molar-refractivity contribution is 0.279. The maximum atomic E-state index is 5.91. The molecule has 0 bridgehead atoms. The summed E-state index contributed by atoms with van der Waals surface area (Å²) in [5.41, 5.74) is 2.92. The second kappa shape index (κ2) is 6.95. The van der Waals surface area contributed by atoms with Crippen molar-refractivity contribution in [1.82, 2.24) is 10.5 Å². The van der Waals surface area contributed by atoms with Crippen molar-refractivity contribution < 1.29 is 14.0 Å². The number of nitrogens with zero attached hydrogens (tertiary/aromatic N) is 1.